The third-order valence-electron chi connectivity index (χ3n) is 3.39. The topological polar surface area (TPSA) is 34.1 Å². The Morgan fingerprint density at radius 1 is 1.13 bits per heavy atom. The molecule has 1 aromatic rings. The van der Waals surface area contributed by atoms with Gasteiger partial charge in [-0.3, -0.25) is 0 Å². The molecule has 0 N–H and O–H groups in total. The lowest BCUT2D eigenvalue weighted by atomic mass is 9.86. The molecule has 0 amide bonds. The normalized spacial score (nSPS) is 19.6. The van der Waals surface area contributed by atoms with Crippen LogP contribution >= 0.6 is 0 Å². The zero-order chi connectivity index (χ0) is 11.1. The summed E-state index contributed by atoms with van der Waals surface area (Å²) in [5, 5.41) is 0. The average Bonchev–Trinajstić information content (AvgIpc) is 2.14. The van der Waals surface area contributed by atoms with Crippen LogP contribution < -0.4 is 0 Å². The Morgan fingerprint density at radius 2 is 1.67 bits per heavy atom. The minimum absolute atomic E-state index is 0.468. The van der Waals surface area contributed by atoms with Crippen LogP contribution in [0.1, 0.15) is 31.7 Å². The lowest BCUT2D eigenvalue weighted by molar-refractivity contribution is 0.363. The first-order chi connectivity index (χ1) is 6.96. The second-order valence-corrected chi connectivity index (χ2v) is 7.08. The van der Waals surface area contributed by atoms with Gasteiger partial charge in [-0.05, 0) is 38.8 Å². The lowest BCUT2D eigenvalue weighted by Crippen LogP contribution is -2.41. The van der Waals surface area contributed by atoms with E-state index in [1.807, 2.05) is 26.0 Å². The van der Waals surface area contributed by atoms with E-state index < -0.39 is 14.6 Å². The van der Waals surface area contributed by atoms with Crippen molar-refractivity contribution in [2.45, 2.75) is 42.8 Å². The fraction of sp³-hybridized carbons (Fsp3) is 0.500. The van der Waals surface area contributed by atoms with Crippen molar-refractivity contribution in [3.8, 4) is 0 Å². The summed E-state index contributed by atoms with van der Waals surface area (Å²) < 4.78 is 24.0. The maximum Gasteiger partial charge on any atom is 0.183 e. The summed E-state index contributed by atoms with van der Waals surface area (Å²) in [4.78, 5) is 0.468. The van der Waals surface area contributed by atoms with Gasteiger partial charge in [-0.1, -0.05) is 24.1 Å². The first-order valence-corrected chi connectivity index (χ1v) is 6.75. The number of rotatable bonds is 2. The molecule has 0 saturated heterocycles. The quantitative estimate of drug-likeness (QED) is 0.774. The highest BCUT2D eigenvalue weighted by Crippen LogP contribution is 2.42. The second-order valence-electron chi connectivity index (χ2n) is 4.62. The van der Waals surface area contributed by atoms with Gasteiger partial charge in [-0.2, -0.15) is 0 Å². The first-order valence-electron chi connectivity index (χ1n) is 5.27. The van der Waals surface area contributed by atoms with Crippen molar-refractivity contribution in [2.75, 3.05) is 0 Å². The highest BCUT2D eigenvalue weighted by Gasteiger charge is 2.45. The van der Waals surface area contributed by atoms with Gasteiger partial charge in [0.1, 0.15) is 0 Å². The Labute approximate surface area is 91.2 Å². The van der Waals surface area contributed by atoms with E-state index in [9.17, 15) is 8.42 Å². The summed E-state index contributed by atoms with van der Waals surface area (Å²) in [5.74, 6) is 0. The van der Waals surface area contributed by atoms with E-state index in [0.29, 0.717) is 4.90 Å². The molecule has 0 radical (unpaired) electrons. The third-order valence-corrected chi connectivity index (χ3v) is 5.99. The van der Waals surface area contributed by atoms with Crippen LogP contribution in [0.5, 0.6) is 0 Å². The van der Waals surface area contributed by atoms with Gasteiger partial charge in [0.25, 0.3) is 0 Å². The molecule has 2 rings (SSSR count). The molecule has 0 heterocycles. The van der Waals surface area contributed by atoms with Crippen molar-refractivity contribution < 1.29 is 8.42 Å². The molecule has 0 spiro atoms. The molecule has 0 atom stereocenters. The van der Waals surface area contributed by atoms with Gasteiger partial charge in [-0.25, -0.2) is 8.42 Å². The smallest absolute Gasteiger partial charge is 0.183 e. The monoisotopic (exact) mass is 224 g/mol. The summed E-state index contributed by atoms with van der Waals surface area (Å²) in [6.45, 7) is 3.81. The summed E-state index contributed by atoms with van der Waals surface area (Å²) >= 11 is 0. The van der Waals surface area contributed by atoms with Crippen molar-refractivity contribution in [1.29, 1.82) is 0 Å². The van der Waals surface area contributed by atoms with Crippen molar-refractivity contribution in [3.63, 3.8) is 0 Å². The van der Waals surface area contributed by atoms with Crippen molar-refractivity contribution in [3.05, 3.63) is 29.8 Å². The Hall–Kier alpha value is -0.830. The molecule has 82 valence electrons. The number of hydrogen-bond donors (Lipinski definition) is 0. The molecule has 1 aliphatic rings. The van der Waals surface area contributed by atoms with E-state index >= 15 is 0 Å². The lowest BCUT2D eigenvalue weighted by Gasteiger charge is -2.37. The van der Waals surface area contributed by atoms with E-state index in [1.54, 1.807) is 12.1 Å². The molecule has 1 saturated carbocycles. The molecule has 0 aliphatic heterocycles. The maximum absolute atomic E-state index is 12.2. The molecular formula is C12H16O2S. The number of hydrogen-bond acceptors (Lipinski definition) is 2. The van der Waals surface area contributed by atoms with Crippen LogP contribution in [-0.4, -0.2) is 13.2 Å². The summed E-state index contributed by atoms with van der Waals surface area (Å²) in [6.07, 6.45) is 2.62. The molecule has 2 nitrogen and oxygen atoms in total. The molecule has 0 unspecified atom stereocenters. The van der Waals surface area contributed by atoms with Crippen molar-refractivity contribution in [2.24, 2.45) is 0 Å². The highest BCUT2D eigenvalue weighted by molar-refractivity contribution is 7.92. The fourth-order valence-electron chi connectivity index (χ4n) is 1.95. The first kappa shape index (κ1) is 10.7. The third kappa shape index (κ3) is 1.59. The van der Waals surface area contributed by atoms with Gasteiger partial charge >= 0.3 is 0 Å². The van der Waals surface area contributed by atoms with E-state index in [2.05, 4.69) is 0 Å². The molecule has 15 heavy (non-hydrogen) atoms. The van der Waals surface area contributed by atoms with Gasteiger partial charge < -0.3 is 0 Å². The number of benzene rings is 1. The molecule has 1 aliphatic carbocycles. The molecule has 0 aromatic heterocycles. The number of sulfone groups is 1. The average molecular weight is 224 g/mol. The SMILES string of the molecule is Cc1ccc(S(=O)(=O)C2(C)CCC2)cc1. The Balaban J connectivity index is 2.42. The van der Waals surface area contributed by atoms with Gasteiger partial charge in [0.15, 0.2) is 9.84 Å². The zero-order valence-electron chi connectivity index (χ0n) is 9.16. The van der Waals surface area contributed by atoms with E-state index in [1.165, 1.54) is 0 Å². The standard InChI is InChI=1S/C12H16O2S/c1-10-4-6-11(7-5-10)15(13,14)12(2)8-3-9-12/h4-7H,3,8-9H2,1-2H3. The van der Waals surface area contributed by atoms with Crippen LogP contribution in [0.25, 0.3) is 0 Å². The molecule has 0 bridgehead atoms. The Bertz CT molecular complexity index is 453. The van der Waals surface area contributed by atoms with E-state index in [-0.39, 0.29) is 0 Å². The Morgan fingerprint density at radius 3 is 2.07 bits per heavy atom. The molecule has 1 aromatic carbocycles. The van der Waals surface area contributed by atoms with Gasteiger partial charge in [0.2, 0.25) is 0 Å². The molecule has 3 heteroatoms. The van der Waals surface area contributed by atoms with E-state index in [4.69, 9.17) is 0 Å². The summed E-state index contributed by atoms with van der Waals surface area (Å²) in [5.41, 5.74) is 1.09. The predicted molar refractivity (Wildman–Crippen MR) is 60.6 cm³/mol. The van der Waals surface area contributed by atoms with Crippen LogP contribution in [-0.2, 0) is 9.84 Å². The maximum atomic E-state index is 12.2. The second kappa shape index (κ2) is 3.34. The Kier molecular flexibility index (Phi) is 2.38. The largest absolute Gasteiger partial charge is 0.223 e. The van der Waals surface area contributed by atoms with E-state index in [0.717, 1.165) is 24.8 Å². The van der Waals surface area contributed by atoms with Crippen molar-refractivity contribution in [1.82, 2.24) is 0 Å². The van der Waals surface area contributed by atoms with Gasteiger partial charge in [0, 0.05) is 0 Å². The zero-order valence-corrected chi connectivity index (χ0v) is 9.97. The van der Waals surface area contributed by atoms with Crippen molar-refractivity contribution >= 4 is 9.84 Å². The van der Waals surface area contributed by atoms with Crippen LogP contribution in [0, 0.1) is 6.92 Å². The van der Waals surface area contributed by atoms with Crippen LogP contribution in [0.4, 0.5) is 0 Å². The van der Waals surface area contributed by atoms with Crippen LogP contribution in [0.3, 0.4) is 0 Å². The minimum Gasteiger partial charge on any atom is -0.223 e. The van der Waals surface area contributed by atoms with Gasteiger partial charge in [-0.15, -0.1) is 0 Å². The highest BCUT2D eigenvalue weighted by atomic mass is 32.2. The molecular weight excluding hydrogens is 208 g/mol. The van der Waals surface area contributed by atoms with Crippen LogP contribution in [0.2, 0.25) is 0 Å². The summed E-state index contributed by atoms with van der Waals surface area (Å²) in [6, 6.07) is 7.15. The summed E-state index contributed by atoms with van der Waals surface area (Å²) in [7, 11) is -3.12. The fourth-order valence-corrected chi connectivity index (χ4v) is 3.83. The predicted octanol–water partition coefficient (Wildman–Crippen LogP) is 2.71. The van der Waals surface area contributed by atoms with Crippen LogP contribution in [0.15, 0.2) is 29.2 Å². The minimum atomic E-state index is -3.12. The molecule has 1 fully saturated rings. The van der Waals surface area contributed by atoms with Gasteiger partial charge in [0.05, 0.1) is 9.64 Å². The number of aryl methyl sites for hydroxylation is 1.